The first kappa shape index (κ1) is 21.5. The summed E-state index contributed by atoms with van der Waals surface area (Å²) in [6.45, 7) is 2.22. The second kappa shape index (κ2) is 9.63. The molecule has 0 unspecified atom stereocenters. The third-order valence-electron chi connectivity index (χ3n) is 6.14. The molecule has 0 spiro atoms. The van der Waals surface area contributed by atoms with Gasteiger partial charge in [-0.15, -0.1) is 12.4 Å². The number of halogens is 1. The maximum atomic E-state index is 12.5. The monoisotopic (exact) mass is 434 g/mol. The van der Waals surface area contributed by atoms with E-state index in [4.69, 9.17) is 4.74 Å². The largest absolute Gasteiger partial charge is 0.368 e. The van der Waals surface area contributed by atoms with E-state index in [9.17, 15) is 4.79 Å². The lowest BCUT2D eigenvalue weighted by atomic mass is 9.97. The van der Waals surface area contributed by atoms with E-state index in [1.165, 1.54) is 22.3 Å². The van der Waals surface area contributed by atoms with E-state index in [0.717, 1.165) is 49.7 Å². The van der Waals surface area contributed by atoms with Crippen molar-refractivity contribution in [2.45, 2.75) is 31.8 Å². The molecule has 1 amide bonds. The molecule has 4 nitrogen and oxygen atoms in total. The molecule has 0 radical (unpaired) electrons. The van der Waals surface area contributed by atoms with Gasteiger partial charge < -0.3 is 9.64 Å². The number of rotatable bonds is 4. The minimum atomic E-state index is -0.210. The summed E-state index contributed by atoms with van der Waals surface area (Å²) in [7, 11) is 0. The summed E-state index contributed by atoms with van der Waals surface area (Å²) in [5.41, 5.74) is 6.13. The Morgan fingerprint density at radius 2 is 1.94 bits per heavy atom. The lowest BCUT2D eigenvalue weighted by molar-refractivity contribution is -0.140. The summed E-state index contributed by atoms with van der Waals surface area (Å²) in [5, 5.41) is 1.16. The second-order valence-electron chi connectivity index (χ2n) is 8.18. The van der Waals surface area contributed by atoms with Gasteiger partial charge in [-0.25, -0.2) is 0 Å². The van der Waals surface area contributed by atoms with Gasteiger partial charge in [0.05, 0.1) is 5.52 Å². The summed E-state index contributed by atoms with van der Waals surface area (Å²) in [4.78, 5) is 18.9. The van der Waals surface area contributed by atoms with E-state index in [-0.39, 0.29) is 24.4 Å². The second-order valence-corrected chi connectivity index (χ2v) is 8.18. The van der Waals surface area contributed by atoms with Crippen LogP contribution >= 0.6 is 12.4 Å². The highest BCUT2D eigenvalue weighted by atomic mass is 35.5. The van der Waals surface area contributed by atoms with Gasteiger partial charge in [0, 0.05) is 31.3 Å². The van der Waals surface area contributed by atoms with E-state index >= 15 is 0 Å². The number of amides is 1. The third-order valence-corrected chi connectivity index (χ3v) is 6.14. The number of carbonyl (C=O) groups is 1. The topological polar surface area (TPSA) is 42.4 Å². The molecule has 1 aromatic heterocycles. The van der Waals surface area contributed by atoms with Gasteiger partial charge in [0.2, 0.25) is 0 Å². The molecular formula is C26H27ClN2O2. The summed E-state index contributed by atoms with van der Waals surface area (Å²) in [6, 6.07) is 19.3. The molecule has 0 N–H and O–H groups in total. The molecular weight excluding hydrogens is 408 g/mol. The number of hydrogen-bond donors (Lipinski definition) is 0. The molecule has 160 valence electrons. The van der Waals surface area contributed by atoms with E-state index < -0.39 is 0 Å². The number of hydrogen-bond acceptors (Lipinski definition) is 3. The molecule has 0 saturated carbocycles. The molecule has 5 heteroatoms. The SMILES string of the molecule is Cl.O=C([C@H]1CCCO1)N1CC=C(Cc2ccc(-c3ccc4cccnc4c3)cc2)CC1. The maximum absolute atomic E-state index is 12.5. The fraction of sp³-hybridized carbons (Fsp3) is 0.308. The Bertz CT molecular complexity index is 1090. The van der Waals surface area contributed by atoms with Gasteiger partial charge in [0.1, 0.15) is 6.10 Å². The van der Waals surface area contributed by atoms with Crippen molar-refractivity contribution in [3.8, 4) is 11.1 Å². The summed E-state index contributed by atoms with van der Waals surface area (Å²) >= 11 is 0. The van der Waals surface area contributed by atoms with Gasteiger partial charge in [-0.2, -0.15) is 0 Å². The number of ether oxygens (including phenoxy) is 1. The lowest BCUT2D eigenvalue weighted by Crippen LogP contribution is -2.41. The summed E-state index contributed by atoms with van der Waals surface area (Å²) in [5.74, 6) is 0.164. The lowest BCUT2D eigenvalue weighted by Gasteiger charge is -2.28. The van der Waals surface area contributed by atoms with E-state index in [0.29, 0.717) is 6.54 Å². The zero-order valence-corrected chi connectivity index (χ0v) is 18.3. The summed E-state index contributed by atoms with van der Waals surface area (Å²) < 4.78 is 5.55. The number of carbonyl (C=O) groups excluding carboxylic acids is 1. The molecule has 2 aliphatic rings. The van der Waals surface area contributed by atoms with Crippen LogP contribution in [0.1, 0.15) is 24.8 Å². The Morgan fingerprint density at radius 1 is 1.10 bits per heavy atom. The van der Waals surface area contributed by atoms with Crippen molar-refractivity contribution < 1.29 is 9.53 Å². The smallest absolute Gasteiger partial charge is 0.251 e. The molecule has 0 bridgehead atoms. The van der Waals surface area contributed by atoms with Crippen molar-refractivity contribution in [2.24, 2.45) is 0 Å². The molecule has 1 fully saturated rings. The maximum Gasteiger partial charge on any atom is 0.251 e. The first-order valence-electron chi connectivity index (χ1n) is 10.8. The Hall–Kier alpha value is -2.69. The van der Waals surface area contributed by atoms with Crippen LogP contribution in [0.5, 0.6) is 0 Å². The van der Waals surface area contributed by atoms with E-state index in [1.54, 1.807) is 0 Å². The standard InChI is InChI=1S/C26H26N2O2.ClH/c29-26(25-4-2-16-30-25)28-14-11-20(12-15-28)17-19-5-7-21(8-6-19)23-10-9-22-3-1-13-27-24(22)18-23;/h1,3,5-11,13,18,25H,2,4,12,14-17H2;1H/t25-;/m1./s1. The van der Waals surface area contributed by atoms with Crippen LogP contribution in [0.2, 0.25) is 0 Å². The Balaban J connectivity index is 0.00000231. The van der Waals surface area contributed by atoms with Crippen molar-refractivity contribution in [2.75, 3.05) is 19.7 Å². The molecule has 2 aromatic carbocycles. The Morgan fingerprint density at radius 3 is 2.68 bits per heavy atom. The Kier molecular flexibility index (Phi) is 6.69. The average Bonchev–Trinajstić information content (AvgIpc) is 3.34. The van der Waals surface area contributed by atoms with Crippen LogP contribution in [0.25, 0.3) is 22.0 Å². The van der Waals surface area contributed by atoms with Crippen molar-refractivity contribution in [3.63, 3.8) is 0 Å². The first-order valence-corrected chi connectivity index (χ1v) is 10.8. The minimum absolute atomic E-state index is 0. The zero-order chi connectivity index (χ0) is 20.3. The van der Waals surface area contributed by atoms with Crippen LogP contribution in [0, 0.1) is 0 Å². The van der Waals surface area contributed by atoms with Gasteiger partial charge in [-0.3, -0.25) is 9.78 Å². The summed E-state index contributed by atoms with van der Waals surface area (Å²) in [6.07, 6.45) is 7.60. The average molecular weight is 435 g/mol. The van der Waals surface area contributed by atoms with Crippen LogP contribution < -0.4 is 0 Å². The van der Waals surface area contributed by atoms with Gasteiger partial charge in [-0.05, 0) is 54.5 Å². The Labute approximate surface area is 189 Å². The number of fused-ring (bicyclic) bond motifs is 1. The molecule has 1 saturated heterocycles. The van der Waals surface area contributed by atoms with Crippen LogP contribution in [-0.2, 0) is 16.0 Å². The van der Waals surface area contributed by atoms with Crippen LogP contribution in [0.15, 0.2) is 72.4 Å². The van der Waals surface area contributed by atoms with Crippen LogP contribution in [0.4, 0.5) is 0 Å². The number of nitrogens with zero attached hydrogens (tertiary/aromatic N) is 2. The van der Waals surface area contributed by atoms with E-state index in [1.807, 2.05) is 17.2 Å². The van der Waals surface area contributed by atoms with E-state index in [2.05, 4.69) is 59.6 Å². The molecule has 31 heavy (non-hydrogen) atoms. The number of aromatic nitrogens is 1. The van der Waals surface area contributed by atoms with Crippen molar-refractivity contribution in [3.05, 3.63) is 78.0 Å². The van der Waals surface area contributed by atoms with Crippen molar-refractivity contribution in [1.29, 1.82) is 0 Å². The van der Waals surface area contributed by atoms with Gasteiger partial charge >= 0.3 is 0 Å². The highest BCUT2D eigenvalue weighted by Gasteiger charge is 2.28. The molecule has 3 aromatic rings. The van der Waals surface area contributed by atoms with Crippen LogP contribution in [0.3, 0.4) is 0 Å². The first-order chi connectivity index (χ1) is 14.8. The quantitative estimate of drug-likeness (QED) is 0.530. The minimum Gasteiger partial charge on any atom is -0.368 e. The molecule has 2 aliphatic heterocycles. The fourth-order valence-electron chi connectivity index (χ4n) is 4.37. The predicted molar refractivity (Wildman–Crippen MR) is 126 cm³/mol. The molecule has 3 heterocycles. The predicted octanol–water partition coefficient (Wildman–Crippen LogP) is 5.20. The zero-order valence-electron chi connectivity index (χ0n) is 17.5. The van der Waals surface area contributed by atoms with Crippen molar-refractivity contribution in [1.82, 2.24) is 9.88 Å². The highest BCUT2D eigenvalue weighted by molar-refractivity contribution is 5.85. The van der Waals surface area contributed by atoms with Crippen LogP contribution in [-0.4, -0.2) is 41.6 Å². The molecule has 1 atom stereocenters. The third kappa shape index (κ3) is 4.81. The molecule has 5 rings (SSSR count). The van der Waals surface area contributed by atoms with Crippen molar-refractivity contribution >= 4 is 29.2 Å². The fourth-order valence-corrected chi connectivity index (χ4v) is 4.37. The van der Waals surface area contributed by atoms with Gasteiger partial charge in [0.15, 0.2) is 0 Å². The normalized spacial score (nSPS) is 18.5. The van der Waals surface area contributed by atoms with Gasteiger partial charge in [0.25, 0.3) is 5.91 Å². The van der Waals surface area contributed by atoms with Gasteiger partial charge in [-0.1, -0.05) is 54.1 Å². The highest BCUT2D eigenvalue weighted by Crippen LogP contribution is 2.25. The number of pyridine rings is 1. The molecule has 0 aliphatic carbocycles. The number of benzene rings is 2.